The van der Waals surface area contributed by atoms with Crippen molar-refractivity contribution >= 4 is 15.9 Å². The lowest BCUT2D eigenvalue weighted by atomic mass is 10.2. The van der Waals surface area contributed by atoms with Gasteiger partial charge >= 0.3 is 0 Å². The van der Waals surface area contributed by atoms with Crippen LogP contribution in [0.1, 0.15) is 25.1 Å². The van der Waals surface area contributed by atoms with Crippen LogP contribution in [0.2, 0.25) is 0 Å². The molecular formula is C11H12BrFN4. The fraction of sp³-hybridized carbons (Fsp3) is 0.273. The molecule has 0 radical (unpaired) electrons. The van der Waals surface area contributed by atoms with Crippen LogP contribution in [0.4, 0.5) is 4.39 Å². The maximum absolute atomic E-state index is 13.0. The Hall–Kier alpha value is -1.27. The van der Waals surface area contributed by atoms with Crippen molar-refractivity contribution in [2.24, 2.45) is 5.73 Å². The van der Waals surface area contributed by atoms with Crippen LogP contribution in [0.25, 0.3) is 5.69 Å². The van der Waals surface area contributed by atoms with E-state index in [2.05, 4.69) is 26.2 Å². The second-order valence-electron chi connectivity index (χ2n) is 3.70. The zero-order chi connectivity index (χ0) is 12.4. The van der Waals surface area contributed by atoms with Gasteiger partial charge in [0.15, 0.2) is 0 Å². The average molecular weight is 299 g/mol. The molecule has 0 bridgehead atoms. The molecule has 0 saturated heterocycles. The van der Waals surface area contributed by atoms with E-state index in [4.69, 9.17) is 5.73 Å². The Morgan fingerprint density at radius 3 is 2.94 bits per heavy atom. The molecule has 2 rings (SSSR count). The van der Waals surface area contributed by atoms with E-state index in [0.29, 0.717) is 4.47 Å². The number of nitrogens with two attached hydrogens (primary N) is 1. The maximum atomic E-state index is 13.0. The van der Waals surface area contributed by atoms with E-state index < -0.39 is 0 Å². The first-order chi connectivity index (χ1) is 8.11. The molecule has 2 N–H and O–H groups in total. The van der Waals surface area contributed by atoms with Gasteiger partial charge in [-0.05, 0) is 40.5 Å². The fourth-order valence-corrected chi connectivity index (χ4v) is 1.97. The molecule has 4 nitrogen and oxygen atoms in total. The minimum Gasteiger partial charge on any atom is -0.323 e. The topological polar surface area (TPSA) is 56.7 Å². The van der Waals surface area contributed by atoms with Crippen molar-refractivity contribution in [3.8, 4) is 5.69 Å². The normalized spacial score (nSPS) is 12.7. The van der Waals surface area contributed by atoms with Crippen LogP contribution in [0.3, 0.4) is 0 Å². The van der Waals surface area contributed by atoms with Crippen molar-refractivity contribution in [2.75, 3.05) is 0 Å². The van der Waals surface area contributed by atoms with Crippen LogP contribution < -0.4 is 5.73 Å². The third-order valence-corrected chi connectivity index (χ3v) is 3.12. The summed E-state index contributed by atoms with van der Waals surface area (Å²) in [6.07, 6.45) is 2.55. The predicted molar refractivity (Wildman–Crippen MR) is 66.2 cm³/mol. The number of hydrogen-bond donors (Lipinski definition) is 1. The monoisotopic (exact) mass is 298 g/mol. The highest BCUT2D eigenvalue weighted by atomic mass is 79.9. The van der Waals surface area contributed by atoms with Crippen molar-refractivity contribution in [3.63, 3.8) is 0 Å². The third kappa shape index (κ3) is 2.53. The molecule has 2 aromatic rings. The van der Waals surface area contributed by atoms with Gasteiger partial charge in [0.1, 0.15) is 5.82 Å². The standard InChI is InChI=1S/C11H12BrFN4/c1-2-9(14)10-6-17(16-15-10)11-4-3-7(13)5-8(11)12/h3-6,9H,2,14H2,1H3. The van der Waals surface area contributed by atoms with E-state index in [1.54, 1.807) is 16.9 Å². The molecule has 1 atom stereocenters. The van der Waals surface area contributed by atoms with Gasteiger partial charge in [-0.1, -0.05) is 12.1 Å². The molecule has 1 unspecified atom stereocenters. The number of aromatic nitrogens is 3. The molecular weight excluding hydrogens is 287 g/mol. The lowest BCUT2D eigenvalue weighted by Crippen LogP contribution is -2.08. The maximum Gasteiger partial charge on any atom is 0.124 e. The zero-order valence-corrected chi connectivity index (χ0v) is 10.9. The lowest BCUT2D eigenvalue weighted by molar-refractivity contribution is 0.625. The summed E-state index contributed by atoms with van der Waals surface area (Å²) in [5.74, 6) is -0.300. The number of benzene rings is 1. The lowest BCUT2D eigenvalue weighted by Gasteiger charge is -2.04. The largest absolute Gasteiger partial charge is 0.323 e. The fourth-order valence-electron chi connectivity index (χ4n) is 1.44. The molecule has 90 valence electrons. The van der Waals surface area contributed by atoms with Crippen molar-refractivity contribution < 1.29 is 4.39 Å². The molecule has 0 aliphatic heterocycles. The molecule has 17 heavy (non-hydrogen) atoms. The molecule has 0 aliphatic carbocycles. The number of nitrogens with zero attached hydrogens (tertiary/aromatic N) is 3. The summed E-state index contributed by atoms with van der Waals surface area (Å²) in [5.41, 5.74) is 7.32. The Morgan fingerprint density at radius 2 is 2.29 bits per heavy atom. The van der Waals surface area contributed by atoms with Crippen molar-refractivity contribution in [2.45, 2.75) is 19.4 Å². The Bertz CT molecular complexity index is 526. The second-order valence-corrected chi connectivity index (χ2v) is 4.55. The van der Waals surface area contributed by atoms with E-state index in [0.717, 1.165) is 17.8 Å². The Labute approximate surface area is 107 Å². The van der Waals surface area contributed by atoms with Gasteiger partial charge in [-0.3, -0.25) is 0 Å². The van der Waals surface area contributed by atoms with Crippen molar-refractivity contribution in [3.05, 3.63) is 40.4 Å². The number of hydrogen-bond acceptors (Lipinski definition) is 3. The minimum atomic E-state index is -0.300. The summed E-state index contributed by atoms with van der Waals surface area (Å²) in [6.45, 7) is 1.98. The molecule has 0 spiro atoms. The van der Waals surface area contributed by atoms with Gasteiger partial charge in [-0.25, -0.2) is 9.07 Å². The second kappa shape index (κ2) is 4.93. The molecule has 6 heteroatoms. The van der Waals surface area contributed by atoms with Gasteiger partial charge in [-0.15, -0.1) is 5.10 Å². The first-order valence-corrected chi connectivity index (χ1v) is 6.04. The Balaban J connectivity index is 2.37. The van der Waals surface area contributed by atoms with Crippen molar-refractivity contribution in [1.82, 2.24) is 15.0 Å². The third-order valence-electron chi connectivity index (χ3n) is 2.49. The molecule has 0 amide bonds. The SMILES string of the molecule is CCC(N)c1cn(-c2ccc(F)cc2Br)nn1. The Kier molecular flexibility index (Phi) is 3.54. The number of rotatable bonds is 3. The van der Waals surface area contributed by atoms with Gasteiger partial charge in [0.05, 0.1) is 23.6 Å². The molecule has 0 saturated carbocycles. The highest BCUT2D eigenvalue weighted by molar-refractivity contribution is 9.10. The first kappa shape index (κ1) is 12.2. The van der Waals surface area contributed by atoms with E-state index in [1.165, 1.54) is 12.1 Å². The van der Waals surface area contributed by atoms with E-state index in [1.807, 2.05) is 6.92 Å². The molecule has 0 aliphatic rings. The van der Waals surface area contributed by atoms with Crippen LogP contribution in [-0.4, -0.2) is 15.0 Å². The van der Waals surface area contributed by atoms with Gasteiger partial charge in [0.25, 0.3) is 0 Å². The summed E-state index contributed by atoms with van der Waals surface area (Å²) >= 11 is 3.29. The Morgan fingerprint density at radius 1 is 1.53 bits per heavy atom. The summed E-state index contributed by atoms with van der Waals surface area (Å²) in [7, 11) is 0. The van der Waals surface area contributed by atoms with Crippen LogP contribution in [0.15, 0.2) is 28.9 Å². The first-order valence-electron chi connectivity index (χ1n) is 5.25. The highest BCUT2D eigenvalue weighted by Crippen LogP contribution is 2.22. The summed E-state index contributed by atoms with van der Waals surface area (Å²) in [5, 5.41) is 7.98. The van der Waals surface area contributed by atoms with Gasteiger partial charge in [0.2, 0.25) is 0 Å². The predicted octanol–water partition coefficient (Wildman–Crippen LogP) is 2.58. The van der Waals surface area contributed by atoms with Gasteiger partial charge < -0.3 is 5.73 Å². The summed E-state index contributed by atoms with van der Waals surface area (Å²) < 4.78 is 15.2. The highest BCUT2D eigenvalue weighted by Gasteiger charge is 2.11. The van der Waals surface area contributed by atoms with Crippen LogP contribution >= 0.6 is 15.9 Å². The van der Waals surface area contributed by atoms with Crippen LogP contribution in [0.5, 0.6) is 0 Å². The smallest absolute Gasteiger partial charge is 0.124 e. The number of halogens is 2. The van der Waals surface area contributed by atoms with Crippen molar-refractivity contribution in [1.29, 1.82) is 0 Å². The van der Waals surface area contributed by atoms with E-state index >= 15 is 0 Å². The van der Waals surface area contributed by atoms with Crippen LogP contribution in [-0.2, 0) is 0 Å². The van der Waals surface area contributed by atoms with Gasteiger partial charge in [-0.2, -0.15) is 0 Å². The molecule has 1 aromatic heterocycles. The summed E-state index contributed by atoms with van der Waals surface area (Å²) in [4.78, 5) is 0. The minimum absolute atomic E-state index is 0.122. The molecule has 1 aromatic carbocycles. The van der Waals surface area contributed by atoms with Gasteiger partial charge in [0, 0.05) is 4.47 Å². The van der Waals surface area contributed by atoms with E-state index in [-0.39, 0.29) is 11.9 Å². The van der Waals surface area contributed by atoms with Crippen LogP contribution in [0, 0.1) is 5.82 Å². The average Bonchev–Trinajstić information content (AvgIpc) is 2.77. The van der Waals surface area contributed by atoms with E-state index in [9.17, 15) is 4.39 Å². The zero-order valence-electron chi connectivity index (χ0n) is 9.27. The molecule has 1 heterocycles. The molecule has 0 fully saturated rings. The quantitative estimate of drug-likeness (QED) is 0.947. The summed E-state index contributed by atoms with van der Waals surface area (Å²) in [6, 6.07) is 4.27.